The molecule has 6 heteroatoms. The van der Waals surface area contributed by atoms with E-state index in [1.54, 1.807) is 18.8 Å². The molecule has 1 N–H and O–H groups in total. The summed E-state index contributed by atoms with van der Waals surface area (Å²) in [7, 11) is 0. The van der Waals surface area contributed by atoms with E-state index in [4.69, 9.17) is 9.47 Å². The zero-order valence-electron chi connectivity index (χ0n) is 13.7. The summed E-state index contributed by atoms with van der Waals surface area (Å²) in [6.45, 7) is 2.64. The highest BCUT2D eigenvalue weighted by molar-refractivity contribution is 5.67. The molecule has 0 aromatic heterocycles. The lowest BCUT2D eigenvalue weighted by Gasteiger charge is -2.08. The van der Waals surface area contributed by atoms with Gasteiger partial charge in [-0.15, -0.1) is 0 Å². The molecule has 24 heavy (non-hydrogen) atoms. The second-order valence-corrected chi connectivity index (χ2v) is 4.93. The van der Waals surface area contributed by atoms with Crippen LogP contribution in [0.3, 0.4) is 0 Å². The van der Waals surface area contributed by atoms with Gasteiger partial charge in [-0.3, -0.25) is 0 Å². The average Bonchev–Trinajstić information content (AvgIpc) is 2.62. The van der Waals surface area contributed by atoms with Crippen LogP contribution in [0, 0.1) is 0 Å². The lowest BCUT2D eigenvalue weighted by atomic mass is 10.1. The summed E-state index contributed by atoms with van der Waals surface area (Å²) in [5.74, 6) is 3.56. The maximum absolute atomic E-state index is 11.5. The van der Waals surface area contributed by atoms with Crippen molar-refractivity contribution >= 4 is 18.0 Å². The summed E-state index contributed by atoms with van der Waals surface area (Å²) in [5, 5.41) is 2.61. The minimum Gasteiger partial charge on any atom is -0.487 e. The molecule has 0 heterocycles. The number of benzene rings is 1. The van der Waals surface area contributed by atoms with Crippen LogP contribution in [-0.2, 0) is 25.7 Å². The highest BCUT2D eigenvalue weighted by Crippen LogP contribution is 2.12. The van der Waals surface area contributed by atoms with E-state index in [-0.39, 0.29) is 18.8 Å². The Balaban J connectivity index is 2.23. The summed E-state index contributed by atoms with van der Waals surface area (Å²) >= 11 is 0. The SMILES string of the molecule is CCOC(=C=O)CC(=C=O)CCCNC(=O)OCc1ccccc1. The monoisotopic (exact) mass is 331 g/mol. The molecule has 0 aliphatic carbocycles. The van der Waals surface area contributed by atoms with Crippen LogP contribution in [0.2, 0.25) is 0 Å². The van der Waals surface area contributed by atoms with Crippen molar-refractivity contribution in [1.29, 1.82) is 0 Å². The van der Waals surface area contributed by atoms with E-state index in [1.165, 1.54) is 0 Å². The number of allylic oxidation sites excluding steroid dienone is 1. The third-order valence-corrected chi connectivity index (χ3v) is 3.09. The topological polar surface area (TPSA) is 81.7 Å². The Labute approximate surface area is 141 Å². The van der Waals surface area contributed by atoms with Gasteiger partial charge in [-0.05, 0) is 25.3 Å². The molecule has 1 aromatic rings. The van der Waals surface area contributed by atoms with Gasteiger partial charge in [0.2, 0.25) is 0 Å². The molecule has 0 unspecified atom stereocenters. The van der Waals surface area contributed by atoms with E-state index in [2.05, 4.69) is 5.32 Å². The number of hydrogen-bond donors (Lipinski definition) is 1. The Morgan fingerprint density at radius 3 is 2.50 bits per heavy atom. The number of alkyl carbamates (subject to hydrolysis) is 1. The second-order valence-electron chi connectivity index (χ2n) is 4.93. The van der Waals surface area contributed by atoms with E-state index in [0.717, 1.165) is 5.56 Å². The van der Waals surface area contributed by atoms with Gasteiger partial charge in [-0.25, -0.2) is 14.4 Å². The van der Waals surface area contributed by atoms with Gasteiger partial charge in [0.1, 0.15) is 12.5 Å². The number of hydrogen-bond acceptors (Lipinski definition) is 5. The fourth-order valence-electron chi connectivity index (χ4n) is 1.93. The highest BCUT2D eigenvalue weighted by atomic mass is 16.5. The number of amides is 1. The number of carbonyl (C=O) groups excluding carboxylic acids is 3. The second kappa shape index (κ2) is 11.7. The first-order valence-electron chi connectivity index (χ1n) is 7.73. The van der Waals surface area contributed by atoms with E-state index < -0.39 is 6.09 Å². The third kappa shape index (κ3) is 7.99. The molecule has 1 amide bonds. The van der Waals surface area contributed by atoms with E-state index in [0.29, 0.717) is 31.6 Å². The van der Waals surface area contributed by atoms with Gasteiger partial charge >= 0.3 is 6.09 Å². The predicted molar refractivity (Wildman–Crippen MR) is 88.5 cm³/mol. The van der Waals surface area contributed by atoms with E-state index >= 15 is 0 Å². The molecule has 6 nitrogen and oxygen atoms in total. The van der Waals surface area contributed by atoms with Crippen molar-refractivity contribution in [3.8, 4) is 0 Å². The standard InChI is InChI=1S/C18H21NO5/c1-2-23-17(13-21)11-16(12-20)9-6-10-19-18(22)24-14-15-7-4-3-5-8-15/h3-5,7-8H,2,6,9-11,14H2,1H3,(H,19,22). The largest absolute Gasteiger partial charge is 0.487 e. The molecule has 0 bridgehead atoms. The zero-order valence-corrected chi connectivity index (χ0v) is 13.7. The van der Waals surface area contributed by atoms with Gasteiger partial charge in [0.15, 0.2) is 11.7 Å². The zero-order chi connectivity index (χ0) is 17.6. The summed E-state index contributed by atoms with van der Waals surface area (Å²) in [4.78, 5) is 33.1. The number of nitrogens with one attached hydrogen (secondary N) is 1. The van der Waals surface area contributed by atoms with Crippen LogP contribution < -0.4 is 5.32 Å². The van der Waals surface area contributed by atoms with Crippen molar-refractivity contribution in [2.45, 2.75) is 32.8 Å². The van der Waals surface area contributed by atoms with Crippen molar-refractivity contribution in [3.05, 3.63) is 47.2 Å². The Hall–Kier alpha value is -2.81. The van der Waals surface area contributed by atoms with Crippen LogP contribution in [0.1, 0.15) is 31.7 Å². The van der Waals surface area contributed by atoms with Crippen molar-refractivity contribution in [3.63, 3.8) is 0 Å². The van der Waals surface area contributed by atoms with Crippen LogP contribution in [0.5, 0.6) is 0 Å². The molecular weight excluding hydrogens is 310 g/mol. The minimum absolute atomic E-state index is 0.0890. The Morgan fingerprint density at radius 2 is 1.88 bits per heavy atom. The first-order valence-corrected chi connectivity index (χ1v) is 7.73. The minimum atomic E-state index is -0.515. The Bertz CT molecular complexity index is 614. The molecule has 1 rings (SSSR count). The fourth-order valence-corrected chi connectivity index (χ4v) is 1.93. The number of carbonyl (C=O) groups is 1. The van der Waals surface area contributed by atoms with Gasteiger partial charge in [0.25, 0.3) is 0 Å². The van der Waals surface area contributed by atoms with Gasteiger partial charge in [0, 0.05) is 18.5 Å². The van der Waals surface area contributed by atoms with Crippen LogP contribution in [-0.4, -0.2) is 31.1 Å². The predicted octanol–water partition coefficient (Wildman–Crippen LogP) is 2.59. The van der Waals surface area contributed by atoms with Gasteiger partial charge in [0.05, 0.1) is 6.61 Å². The summed E-state index contributed by atoms with van der Waals surface area (Å²) in [5.41, 5.74) is 1.31. The van der Waals surface area contributed by atoms with Crippen molar-refractivity contribution in [1.82, 2.24) is 5.32 Å². The van der Waals surface area contributed by atoms with E-state index in [1.807, 2.05) is 30.3 Å². The first kappa shape index (κ1) is 19.2. The summed E-state index contributed by atoms with van der Waals surface area (Å²) in [6.07, 6.45) is 0.516. The van der Waals surface area contributed by atoms with Gasteiger partial charge in [-0.1, -0.05) is 30.3 Å². The number of ether oxygens (including phenoxy) is 2. The van der Waals surface area contributed by atoms with E-state index in [9.17, 15) is 14.4 Å². The molecule has 1 aromatic carbocycles. The Morgan fingerprint density at radius 1 is 1.12 bits per heavy atom. The summed E-state index contributed by atoms with van der Waals surface area (Å²) < 4.78 is 10.1. The average molecular weight is 331 g/mol. The molecule has 0 saturated heterocycles. The van der Waals surface area contributed by atoms with Gasteiger partial charge in [-0.2, -0.15) is 0 Å². The lowest BCUT2D eigenvalue weighted by Crippen LogP contribution is -2.25. The van der Waals surface area contributed by atoms with Crippen LogP contribution in [0.15, 0.2) is 41.7 Å². The Kier molecular flexibility index (Phi) is 9.39. The molecule has 0 radical (unpaired) electrons. The molecule has 0 spiro atoms. The lowest BCUT2D eigenvalue weighted by molar-refractivity contribution is 0.139. The molecule has 0 fully saturated rings. The third-order valence-electron chi connectivity index (χ3n) is 3.09. The quantitative estimate of drug-likeness (QED) is 0.405. The van der Waals surface area contributed by atoms with Crippen LogP contribution in [0.25, 0.3) is 0 Å². The molecular formula is C18H21NO5. The first-order chi connectivity index (χ1) is 11.7. The molecule has 0 atom stereocenters. The smallest absolute Gasteiger partial charge is 0.407 e. The maximum atomic E-state index is 11.5. The van der Waals surface area contributed by atoms with Crippen molar-refractivity contribution in [2.24, 2.45) is 0 Å². The number of rotatable bonds is 10. The molecule has 0 aliphatic heterocycles. The molecule has 0 aliphatic rings. The molecule has 0 saturated carbocycles. The maximum Gasteiger partial charge on any atom is 0.407 e. The van der Waals surface area contributed by atoms with Crippen molar-refractivity contribution < 1.29 is 23.9 Å². The van der Waals surface area contributed by atoms with Crippen LogP contribution >= 0.6 is 0 Å². The normalized spacial score (nSPS) is 9.38. The van der Waals surface area contributed by atoms with Gasteiger partial charge < -0.3 is 14.8 Å². The summed E-state index contributed by atoms with van der Waals surface area (Å²) in [6, 6.07) is 9.36. The van der Waals surface area contributed by atoms with Crippen LogP contribution in [0.4, 0.5) is 4.79 Å². The highest BCUT2D eigenvalue weighted by Gasteiger charge is 2.07. The fraction of sp³-hybridized carbons (Fsp3) is 0.389. The van der Waals surface area contributed by atoms with Crippen molar-refractivity contribution in [2.75, 3.05) is 13.2 Å². The molecule has 128 valence electrons.